The number of hydrogen-bond donors (Lipinski definition) is 2. The number of rotatable bonds is 6. The van der Waals surface area contributed by atoms with Crippen LogP contribution in [0.3, 0.4) is 0 Å². The minimum atomic E-state index is -3.59. The lowest BCUT2D eigenvalue weighted by Crippen LogP contribution is -2.52. The third-order valence-electron chi connectivity index (χ3n) is 3.21. The summed E-state index contributed by atoms with van der Waals surface area (Å²) >= 11 is 0. The Bertz CT molecular complexity index is 514. The second kappa shape index (κ2) is 5.60. The van der Waals surface area contributed by atoms with E-state index in [1.54, 1.807) is 13.8 Å². The Morgan fingerprint density at radius 2 is 1.95 bits per heavy atom. The van der Waals surface area contributed by atoms with Gasteiger partial charge in [-0.2, -0.15) is 9.40 Å². The van der Waals surface area contributed by atoms with Crippen LogP contribution in [0.5, 0.6) is 0 Å². The van der Waals surface area contributed by atoms with Crippen LogP contribution in [0, 0.1) is 13.8 Å². The molecule has 0 spiro atoms. The van der Waals surface area contributed by atoms with Crippen LogP contribution in [0.1, 0.15) is 38.6 Å². The molecule has 0 fully saturated rings. The Morgan fingerprint density at radius 1 is 1.37 bits per heavy atom. The van der Waals surface area contributed by atoms with Crippen molar-refractivity contribution in [3.63, 3.8) is 0 Å². The van der Waals surface area contributed by atoms with Gasteiger partial charge >= 0.3 is 0 Å². The van der Waals surface area contributed by atoms with Crippen molar-refractivity contribution in [2.24, 2.45) is 5.73 Å². The first kappa shape index (κ1) is 16.1. The van der Waals surface area contributed by atoms with Crippen molar-refractivity contribution >= 4 is 10.0 Å². The molecule has 1 rings (SSSR count). The maximum Gasteiger partial charge on any atom is 0.247 e. The van der Waals surface area contributed by atoms with Gasteiger partial charge in [0.2, 0.25) is 10.0 Å². The Labute approximate surface area is 115 Å². The Hall–Kier alpha value is -0.920. The average Bonchev–Trinajstić information content (AvgIpc) is 2.66. The molecule has 0 aliphatic heterocycles. The lowest BCUT2D eigenvalue weighted by molar-refractivity contribution is 0.235. The number of aromatic amines is 1. The molecule has 0 bridgehead atoms. The third-order valence-corrected chi connectivity index (χ3v) is 5.58. The van der Waals surface area contributed by atoms with Gasteiger partial charge in [-0.3, -0.25) is 5.10 Å². The van der Waals surface area contributed by atoms with E-state index in [1.807, 2.05) is 20.8 Å². The first-order chi connectivity index (χ1) is 8.68. The fraction of sp³-hybridized carbons (Fsp3) is 0.750. The fourth-order valence-corrected chi connectivity index (χ4v) is 4.30. The van der Waals surface area contributed by atoms with Crippen molar-refractivity contribution in [2.75, 3.05) is 13.1 Å². The first-order valence-corrected chi connectivity index (χ1v) is 7.87. The summed E-state index contributed by atoms with van der Waals surface area (Å²) in [5, 5.41) is 6.69. The number of hydrogen-bond acceptors (Lipinski definition) is 4. The molecule has 1 heterocycles. The summed E-state index contributed by atoms with van der Waals surface area (Å²) < 4.78 is 27.2. The van der Waals surface area contributed by atoms with Crippen LogP contribution in [0.2, 0.25) is 0 Å². The van der Waals surface area contributed by atoms with Gasteiger partial charge in [0.1, 0.15) is 4.90 Å². The quantitative estimate of drug-likeness (QED) is 0.821. The second-order valence-corrected chi connectivity index (χ2v) is 7.16. The molecular formula is C12H24N4O2S. The van der Waals surface area contributed by atoms with E-state index in [2.05, 4.69) is 10.2 Å². The number of aromatic nitrogens is 2. The van der Waals surface area contributed by atoms with Gasteiger partial charge in [0.15, 0.2) is 0 Å². The van der Waals surface area contributed by atoms with Crippen LogP contribution >= 0.6 is 0 Å². The molecule has 0 radical (unpaired) electrons. The number of nitrogens with two attached hydrogens (primary N) is 1. The average molecular weight is 288 g/mol. The molecule has 0 amide bonds. The molecule has 7 heteroatoms. The van der Waals surface area contributed by atoms with E-state index in [4.69, 9.17) is 5.73 Å². The van der Waals surface area contributed by atoms with Gasteiger partial charge < -0.3 is 5.73 Å². The van der Waals surface area contributed by atoms with Gasteiger partial charge in [-0.15, -0.1) is 0 Å². The number of sulfonamides is 1. The van der Waals surface area contributed by atoms with Gasteiger partial charge in [-0.05, 0) is 34.1 Å². The molecular weight excluding hydrogens is 264 g/mol. The van der Waals surface area contributed by atoms with E-state index < -0.39 is 15.6 Å². The summed E-state index contributed by atoms with van der Waals surface area (Å²) in [7, 11) is -3.59. The van der Waals surface area contributed by atoms with Gasteiger partial charge in [0.25, 0.3) is 0 Å². The minimum Gasteiger partial charge on any atom is -0.329 e. The second-order valence-electron chi connectivity index (χ2n) is 5.36. The molecule has 0 atom stereocenters. The lowest BCUT2D eigenvalue weighted by Gasteiger charge is -2.36. The summed E-state index contributed by atoms with van der Waals surface area (Å²) in [5.74, 6) is 0. The van der Waals surface area contributed by atoms with Crippen molar-refractivity contribution < 1.29 is 8.42 Å². The van der Waals surface area contributed by atoms with Gasteiger partial charge in [0.05, 0.1) is 11.4 Å². The first-order valence-electron chi connectivity index (χ1n) is 6.43. The van der Waals surface area contributed by atoms with E-state index >= 15 is 0 Å². The van der Waals surface area contributed by atoms with Crippen LogP contribution in [0.25, 0.3) is 0 Å². The molecule has 0 aliphatic rings. The molecule has 0 aromatic carbocycles. The van der Waals surface area contributed by atoms with Gasteiger partial charge in [-0.1, -0.05) is 6.92 Å². The molecule has 1 aromatic rings. The van der Waals surface area contributed by atoms with E-state index in [9.17, 15) is 8.42 Å². The predicted molar refractivity (Wildman–Crippen MR) is 75.4 cm³/mol. The summed E-state index contributed by atoms with van der Waals surface area (Å²) in [6.07, 6.45) is 0.735. The largest absolute Gasteiger partial charge is 0.329 e. The molecule has 6 nitrogen and oxygen atoms in total. The molecule has 19 heavy (non-hydrogen) atoms. The van der Waals surface area contributed by atoms with Crippen molar-refractivity contribution in [3.8, 4) is 0 Å². The molecule has 0 saturated heterocycles. The molecule has 110 valence electrons. The zero-order valence-electron chi connectivity index (χ0n) is 12.3. The van der Waals surface area contributed by atoms with E-state index in [-0.39, 0.29) is 11.4 Å². The maximum atomic E-state index is 12.8. The number of aryl methyl sites for hydroxylation is 2. The highest BCUT2D eigenvalue weighted by atomic mass is 32.2. The maximum absolute atomic E-state index is 12.8. The van der Waals surface area contributed by atoms with Gasteiger partial charge in [-0.25, -0.2) is 8.42 Å². The normalized spacial score (nSPS) is 13.2. The van der Waals surface area contributed by atoms with Crippen molar-refractivity contribution in [2.45, 2.75) is 51.5 Å². The third kappa shape index (κ3) is 2.98. The summed E-state index contributed by atoms with van der Waals surface area (Å²) in [6.45, 7) is 9.74. The number of H-pyrrole nitrogens is 1. The minimum absolute atomic E-state index is 0.266. The predicted octanol–water partition coefficient (Wildman–Crippen LogP) is 1.16. The van der Waals surface area contributed by atoms with E-state index in [0.717, 1.165) is 6.42 Å². The van der Waals surface area contributed by atoms with Crippen molar-refractivity contribution in [1.29, 1.82) is 0 Å². The molecule has 0 saturated carbocycles. The Kier molecular flexibility index (Phi) is 4.76. The number of nitrogens with zero attached hydrogens (tertiary/aromatic N) is 2. The SMILES string of the molecule is CCCN(C(C)(C)CN)S(=O)(=O)c1c(C)n[nH]c1C. The molecule has 3 N–H and O–H groups in total. The summed E-state index contributed by atoms with van der Waals surface area (Å²) in [4.78, 5) is 0.266. The standard InChI is InChI=1S/C12H24N4O2S/c1-6-7-16(12(4,5)8-13)19(17,18)11-9(2)14-15-10(11)3/h6-8,13H2,1-5H3,(H,14,15). The zero-order valence-corrected chi connectivity index (χ0v) is 13.1. The summed E-state index contributed by atoms with van der Waals surface area (Å²) in [6, 6.07) is 0. The Morgan fingerprint density at radius 3 is 2.32 bits per heavy atom. The Balaban J connectivity index is 3.37. The zero-order chi connectivity index (χ0) is 14.8. The van der Waals surface area contributed by atoms with Crippen molar-refractivity contribution in [1.82, 2.24) is 14.5 Å². The topological polar surface area (TPSA) is 92.1 Å². The van der Waals surface area contributed by atoms with Crippen molar-refractivity contribution in [3.05, 3.63) is 11.4 Å². The molecule has 0 unspecified atom stereocenters. The van der Waals surface area contributed by atoms with Crippen LogP contribution in [-0.2, 0) is 10.0 Å². The monoisotopic (exact) mass is 288 g/mol. The van der Waals surface area contributed by atoms with E-state index in [1.165, 1.54) is 4.31 Å². The highest BCUT2D eigenvalue weighted by Crippen LogP contribution is 2.27. The van der Waals surface area contributed by atoms with E-state index in [0.29, 0.717) is 17.9 Å². The van der Waals surface area contributed by atoms with Crippen LogP contribution in [0.4, 0.5) is 0 Å². The number of nitrogens with one attached hydrogen (secondary N) is 1. The highest BCUT2D eigenvalue weighted by molar-refractivity contribution is 7.89. The molecule has 1 aromatic heterocycles. The lowest BCUT2D eigenvalue weighted by atomic mass is 10.1. The smallest absolute Gasteiger partial charge is 0.247 e. The van der Waals surface area contributed by atoms with Gasteiger partial charge in [0, 0.05) is 18.6 Å². The van der Waals surface area contributed by atoms with Crippen LogP contribution in [-0.4, -0.2) is 41.5 Å². The fourth-order valence-electron chi connectivity index (χ4n) is 2.08. The van der Waals surface area contributed by atoms with Crippen LogP contribution in [0.15, 0.2) is 4.90 Å². The van der Waals surface area contributed by atoms with Crippen LogP contribution < -0.4 is 5.73 Å². The summed E-state index contributed by atoms with van der Waals surface area (Å²) in [5.41, 5.74) is 6.17. The molecule has 0 aliphatic carbocycles. The highest BCUT2D eigenvalue weighted by Gasteiger charge is 2.38.